The molecule has 0 aromatic rings. The number of hydrogen-bond acceptors (Lipinski definition) is 6. The fourth-order valence-corrected chi connectivity index (χ4v) is 3.07. The number of amides is 2. The van der Waals surface area contributed by atoms with Crippen molar-refractivity contribution in [2.45, 2.75) is 70.6 Å². The van der Waals surface area contributed by atoms with Crippen molar-refractivity contribution in [1.82, 2.24) is 10.6 Å². The molecule has 1 saturated carbocycles. The normalized spacial score (nSPS) is 21.4. The second kappa shape index (κ2) is 10.4. The summed E-state index contributed by atoms with van der Waals surface area (Å²) >= 11 is 0. The molecular weight excluding hydrogens is 340 g/mol. The molecule has 0 aromatic heterocycles. The number of carbonyl (C=O) groups excluding carboxylic acids is 3. The number of hydrogen-bond donors (Lipinski definition) is 2. The van der Waals surface area contributed by atoms with Crippen LogP contribution in [0.1, 0.15) is 52.9 Å². The third-order valence-corrected chi connectivity index (χ3v) is 4.25. The van der Waals surface area contributed by atoms with E-state index in [0.29, 0.717) is 6.42 Å². The molecule has 2 N–H and O–H groups in total. The SMILES string of the molecule is COC(=O)C(CC1CCCC(OC)C1)NC(=O)CNC(=O)OC(C)(C)C. The molecule has 0 aliphatic heterocycles. The fourth-order valence-electron chi connectivity index (χ4n) is 3.07. The molecule has 3 unspecified atom stereocenters. The maximum atomic E-state index is 12.1. The Morgan fingerprint density at radius 1 is 1.15 bits per heavy atom. The second-order valence-corrected chi connectivity index (χ2v) is 7.62. The molecule has 150 valence electrons. The lowest BCUT2D eigenvalue weighted by Crippen LogP contribution is -2.47. The van der Waals surface area contributed by atoms with Crippen LogP contribution in [0.3, 0.4) is 0 Å². The lowest BCUT2D eigenvalue weighted by atomic mass is 9.83. The Hall–Kier alpha value is -1.83. The summed E-state index contributed by atoms with van der Waals surface area (Å²) in [5, 5.41) is 5.02. The molecule has 26 heavy (non-hydrogen) atoms. The van der Waals surface area contributed by atoms with Crippen LogP contribution in [0.25, 0.3) is 0 Å². The number of rotatable bonds is 7. The molecule has 1 rings (SSSR count). The van der Waals surface area contributed by atoms with Crippen LogP contribution in [0, 0.1) is 5.92 Å². The largest absolute Gasteiger partial charge is 0.467 e. The minimum Gasteiger partial charge on any atom is -0.467 e. The Labute approximate surface area is 155 Å². The molecular formula is C18H32N2O6. The molecule has 3 atom stereocenters. The van der Waals surface area contributed by atoms with Gasteiger partial charge in [0.1, 0.15) is 18.2 Å². The third kappa shape index (κ3) is 8.51. The van der Waals surface area contributed by atoms with Gasteiger partial charge in [0, 0.05) is 7.11 Å². The highest BCUT2D eigenvalue weighted by atomic mass is 16.6. The summed E-state index contributed by atoms with van der Waals surface area (Å²) in [4.78, 5) is 35.7. The maximum absolute atomic E-state index is 12.1. The Morgan fingerprint density at radius 2 is 1.85 bits per heavy atom. The molecule has 1 aliphatic carbocycles. The summed E-state index contributed by atoms with van der Waals surface area (Å²) in [5.41, 5.74) is -0.645. The van der Waals surface area contributed by atoms with Crippen LogP contribution < -0.4 is 10.6 Å². The van der Waals surface area contributed by atoms with Gasteiger partial charge >= 0.3 is 12.1 Å². The molecule has 0 aromatic carbocycles. The average Bonchev–Trinajstić information content (AvgIpc) is 2.57. The van der Waals surface area contributed by atoms with E-state index in [-0.39, 0.29) is 18.6 Å². The van der Waals surface area contributed by atoms with Crippen LogP contribution in [0.15, 0.2) is 0 Å². The minimum absolute atomic E-state index is 0.191. The summed E-state index contributed by atoms with van der Waals surface area (Å²) in [6.45, 7) is 4.93. The van der Waals surface area contributed by atoms with E-state index >= 15 is 0 Å². The second-order valence-electron chi connectivity index (χ2n) is 7.62. The molecule has 1 fully saturated rings. The van der Waals surface area contributed by atoms with E-state index in [2.05, 4.69) is 10.6 Å². The predicted octanol–water partition coefficient (Wildman–Crippen LogP) is 1.76. The first-order valence-corrected chi connectivity index (χ1v) is 9.01. The topological polar surface area (TPSA) is 103 Å². The first-order chi connectivity index (χ1) is 12.1. The van der Waals surface area contributed by atoms with Crippen LogP contribution in [-0.4, -0.2) is 56.5 Å². The summed E-state index contributed by atoms with van der Waals surface area (Å²) in [6, 6.07) is -0.742. The van der Waals surface area contributed by atoms with Gasteiger partial charge < -0.3 is 24.8 Å². The number of esters is 1. The van der Waals surface area contributed by atoms with Gasteiger partial charge in [-0.1, -0.05) is 12.8 Å². The van der Waals surface area contributed by atoms with Crippen molar-refractivity contribution < 1.29 is 28.6 Å². The van der Waals surface area contributed by atoms with Gasteiger partial charge in [-0.2, -0.15) is 0 Å². The van der Waals surface area contributed by atoms with Crippen LogP contribution in [0.4, 0.5) is 4.79 Å². The fraction of sp³-hybridized carbons (Fsp3) is 0.833. The van der Waals surface area contributed by atoms with Crippen LogP contribution >= 0.6 is 0 Å². The van der Waals surface area contributed by atoms with E-state index in [1.54, 1.807) is 27.9 Å². The quantitative estimate of drug-likeness (QED) is 0.660. The molecule has 0 saturated heterocycles. The van der Waals surface area contributed by atoms with Crippen molar-refractivity contribution >= 4 is 18.0 Å². The van der Waals surface area contributed by atoms with Crippen LogP contribution in [-0.2, 0) is 23.8 Å². The lowest BCUT2D eigenvalue weighted by Gasteiger charge is -2.30. The molecule has 8 nitrogen and oxygen atoms in total. The minimum atomic E-state index is -0.742. The number of nitrogens with one attached hydrogen (secondary N) is 2. The maximum Gasteiger partial charge on any atom is 0.408 e. The van der Waals surface area contributed by atoms with Gasteiger partial charge in [-0.3, -0.25) is 4.79 Å². The highest BCUT2D eigenvalue weighted by Gasteiger charge is 2.29. The standard InChI is InChI=1S/C18H32N2O6/c1-18(2,3)26-17(23)19-11-15(21)20-14(16(22)25-5)10-12-7-6-8-13(9-12)24-4/h12-14H,6-11H2,1-5H3,(H,19,23)(H,20,21). The Kier molecular flexibility index (Phi) is 8.84. The first kappa shape index (κ1) is 22.2. The van der Waals surface area contributed by atoms with Crippen molar-refractivity contribution in [2.75, 3.05) is 20.8 Å². The molecule has 1 aliphatic rings. The highest BCUT2D eigenvalue weighted by Crippen LogP contribution is 2.29. The smallest absolute Gasteiger partial charge is 0.408 e. The third-order valence-electron chi connectivity index (χ3n) is 4.25. The zero-order valence-corrected chi connectivity index (χ0v) is 16.4. The van der Waals surface area contributed by atoms with Crippen molar-refractivity contribution in [3.63, 3.8) is 0 Å². The van der Waals surface area contributed by atoms with Crippen LogP contribution in [0.2, 0.25) is 0 Å². The summed E-state index contributed by atoms with van der Waals surface area (Å²) < 4.78 is 15.3. The zero-order valence-electron chi connectivity index (χ0n) is 16.4. The van der Waals surface area contributed by atoms with Gasteiger partial charge in [0.05, 0.1) is 13.2 Å². The molecule has 0 heterocycles. The van der Waals surface area contributed by atoms with Crippen LogP contribution in [0.5, 0.6) is 0 Å². The van der Waals surface area contributed by atoms with Gasteiger partial charge in [-0.15, -0.1) is 0 Å². The zero-order chi connectivity index (χ0) is 19.7. The Balaban J connectivity index is 2.52. The van der Waals surface area contributed by atoms with E-state index in [0.717, 1.165) is 25.7 Å². The van der Waals surface area contributed by atoms with Gasteiger partial charge in [0.15, 0.2) is 0 Å². The highest BCUT2D eigenvalue weighted by molar-refractivity contribution is 5.87. The van der Waals surface area contributed by atoms with E-state index in [4.69, 9.17) is 14.2 Å². The molecule has 0 bridgehead atoms. The van der Waals surface area contributed by atoms with E-state index in [1.807, 2.05) is 0 Å². The summed E-state index contributed by atoms with van der Waals surface area (Å²) in [6.07, 6.45) is 3.89. The molecule has 0 radical (unpaired) electrons. The summed E-state index contributed by atoms with van der Waals surface area (Å²) in [7, 11) is 2.98. The molecule has 2 amide bonds. The number of carbonyl (C=O) groups is 3. The first-order valence-electron chi connectivity index (χ1n) is 9.01. The van der Waals surface area contributed by atoms with Crippen molar-refractivity contribution in [3.8, 4) is 0 Å². The number of alkyl carbamates (subject to hydrolysis) is 1. The van der Waals surface area contributed by atoms with Gasteiger partial charge in [-0.25, -0.2) is 9.59 Å². The van der Waals surface area contributed by atoms with Crippen molar-refractivity contribution in [3.05, 3.63) is 0 Å². The monoisotopic (exact) mass is 372 g/mol. The summed E-state index contributed by atoms with van der Waals surface area (Å²) in [5.74, 6) is -0.683. The van der Waals surface area contributed by atoms with E-state index < -0.39 is 29.6 Å². The van der Waals surface area contributed by atoms with Gasteiger partial charge in [-0.05, 0) is 46.0 Å². The van der Waals surface area contributed by atoms with Crippen molar-refractivity contribution in [2.24, 2.45) is 5.92 Å². The number of methoxy groups -OCH3 is 2. The van der Waals surface area contributed by atoms with E-state index in [1.165, 1.54) is 7.11 Å². The van der Waals surface area contributed by atoms with Crippen molar-refractivity contribution in [1.29, 1.82) is 0 Å². The average molecular weight is 372 g/mol. The van der Waals surface area contributed by atoms with Gasteiger partial charge in [0.25, 0.3) is 0 Å². The lowest BCUT2D eigenvalue weighted by molar-refractivity contribution is -0.145. The van der Waals surface area contributed by atoms with Gasteiger partial charge in [0.2, 0.25) is 5.91 Å². The molecule has 8 heteroatoms. The number of ether oxygens (including phenoxy) is 3. The molecule has 0 spiro atoms. The van der Waals surface area contributed by atoms with E-state index in [9.17, 15) is 14.4 Å². The Morgan fingerprint density at radius 3 is 2.42 bits per heavy atom. The Bertz CT molecular complexity index is 489. The predicted molar refractivity (Wildman–Crippen MR) is 95.6 cm³/mol.